The van der Waals surface area contributed by atoms with Crippen LogP contribution >= 0.6 is 0 Å². The van der Waals surface area contributed by atoms with Crippen molar-refractivity contribution >= 4 is 16.6 Å². The standard InChI is InChI=1S/C23H31FN6/c1-15(26-18-8-10-30(11-9-18)14-23(3,4)24)22-19-12-17(6-7-20(19)27-28-22)21-13-25-16(2)29(21)5/h6-7,12-13,18,26H,1,8-11,14H2,2-5H3,(H,27,28). The highest BCUT2D eigenvalue weighted by Crippen LogP contribution is 2.28. The van der Waals surface area contributed by atoms with Crippen molar-refractivity contribution in [2.45, 2.75) is 45.3 Å². The third kappa shape index (κ3) is 4.26. The molecule has 30 heavy (non-hydrogen) atoms. The molecule has 6 nitrogen and oxygen atoms in total. The zero-order valence-electron chi connectivity index (χ0n) is 18.3. The molecule has 1 aromatic carbocycles. The number of hydrogen-bond acceptors (Lipinski definition) is 4. The van der Waals surface area contributed by atoms with Gasteiger partial charge in [-0.25, -0.2) is 9.37 Å². The van der Waals surface area contributed by atoms with Crippen LogP contribution < -0.4 is 5.32 Å². The van der Waals surface area contributed by atoms with Crippen molar-refractivity contribution in [2.75, 3.05) is 19.6 Å². The van der Waals surface area contributed by atoms with E-state index in [1.54, 1.807) is 13.8 Å². The molecule has 160 valence electrons. The van der Waals surface area contributed by atoms with E-state index in [1.807, 2.05) is 26.2 Å². The molecule has 0 aliphatic carbocycles. The Morgan fingerprint density at radius 2 is 2.07 bits per heavy atom. The highest BCUT2D eigenvalue weighted by molar-refractivity contribution is 5.92. The molecule has 1 aliphatic rings. The number of halogens is 1. The van der Waals surface area contributed by atoms with Crippen LogP contribution in [0, 0.1) is 6.92 Å². The number of rotatable bonds is 6. The van der Waals surface area contributed by atoms with Gasteiger partial charge in [-0.15, -0.1) is 0 Å². The molecule has 0 unspecified atom stereocenters. The molecular weight excluding hydrogens is 379 g/mol. The van der Waals surface area contributed by atoms with Crippen molar-refractivity contribution in [3.63, 3.8) is 0 Å². The zero-order chi connectivity index (χ0) is 21.5. The highest BCUT2D eigenvalue weighted by atomic mass is 19.1. The Bertz CT molecular complexity index is 1050. The van der Waals surface area contributed by atoms with Crippen LogP contribution in [0.25, 0.3) is 27.9 Å². The lowest BCUT2D eigenvalue weighted by molar-refractivity contribution is 0.104. The van der Waals surface area contributed by atoms with Gasteiger partial charge in [0.15, 0.2) is 0 Å². The predicted octanol–water partition coefficient (Wildman–Crippen LogP) is 4.04. The first-order valence-corrected chi connectivity index (χ1v) is 10.6. The first kappa shape index (κ1) is 20.6. The number of aromatic amines is 1. The lowest BCUT2D eigenvalue weighted by Crippen LogP contribution is -2.45. The summed E-state index contributed by atoms with van der Waals surface area (Å²) in [5.74, 6) is 0.978. The summed E-state index contributed by atoms with van der Waals surface area (Å²) in [5.41, 5.74) is 3.67. The SMILES string of the molecule is C=C(NC1CCN(CC(C)(C)F)CC1)c1n[nH]c2ccc(-c3cnc(C)n3C)cc12. The summed E-state index contributed by atoms with van der Waals surface area (Å²) in [6, 6.07) is 6.60. The van der Waals surface area contributed by atoms with Crippen molar-refractivity contribution in [1.82, 2.24) is 30.0 Å². The summed E-state index contributed by atoms with van der Waals surface area (Å²) in [6.45, 7) is 11.8. The smallest absolute Gasteiger partial charge is 0.118 e. The monoisotopic (exact) mass is 410 g/mol. The first-order chi connectivity index (χ1) is 14.2. The van der Waals surface area contributed by atoms with Gasteiger partial charge in [0.05, 0.1) is 23.1 Å². The van der Waals surface area contributed by atoms with Gasteiger partial charge in [-0.1, -0.05) is 12.6 Å². The second-order valence-corrected chi connectivity index (χ2v) is 8.97. The van der Waals surface area contributed by atoms with E-state index in [9.17, 15) is 4.39 Å². The van der Waals surface area contributed by atoms with Crippen molar-refractivity contribution < 1.29 is 4.39 Å². The van der Waals surface area contributed by atoms with E-state index < -0.39 is 5.67 Å². The average Bonchev–Trinajstić information content (AvgIpc) is 3.25. The largest absolute Gasteiger partial charge is 0.381 e. The molecule has 1 fully saturated rings. The molecule has 0 saturated carbocycles. The number of alkyl halides is 1. The number of imidazole rings is 1. The number of H-pyrrole nitrogens is 1. The average molecular weight is 411 g/mol. The number of hydrogen-bond donors (Lipinski definition) is 2. The number of likely N-dealkylation sites (tertiary alicyclic amines) is 1. The maximum atomic E-state index is 13.9. The van der Waals surface area contributed by atoms with E-state index in [1.165, 1.54) is 0 Å². The molecule has 2 aromatic heterocycles. The molecule has 7 heteroatoms. The normalized spacial score (nSPS) is 16.3. The van der Waals surface area contributed by atoms with Crippen LogP contribution in [0.5, 0.6) is 0 Å². The number of nitrogens with zero attached hydrogens (tertiary/aromatic N) is 4. The van der Waals surface area contributed by atoms with Gasteiger partial charge in [0.25, 0.3) is 0 Å². The van der Waals surface area contributed by atoms with E-state index >= 15 is 0 Å². The summed E-state index contributed by atoms with van der Waals surface area (Å²) in [4.78, 5) is 6.61. The molecule has 0 amide bonds. The lowest BCUT2D eigenvalue weighted by atomic mass is 10.0. The lowest BCUT2D eigenvalue weighted by Gasteiger charge is -2.35. The number of aryl methyl sites for hydroxylation is 1. The molecule has 0 radical (unpaired) electrons. The van der Waals surface area contributed by atoms with Gasteiger partial charge in [0, 0.05) is 43.7 Å². The first-order valence-electron chi connectivity index (χ1n) is 10.6. The van der Waals surface area contributed by atoms with Crippen LogP contribution in [-0.4, -0.2) is 56.0 Å². The van der Waals surface area contributed by atoms with Gasteiger partial charge in [-0.05, 0) is 45.7 Å². The quantitative estimate of drug-likeness (QED) is 0.644. The van der Waals surface area contributed by atoms with Crippen LogP contribution in [0.15, 0.2) is 31.0 Å². The molecule has 3 aromatic rings. The fourth-order valence-electron chi connectivity index (χ4n) is 4.26. The molecule has 1 saturated heterocycles. The Labute approximate surface area is 177 Å². The van der Waals surface area contributed by atoms with E-state index in [2.05, 4.69) is 48.7 Å². The summed E-state index contributed by atoms with van der Waals surface area (Å²) in [6.07, 6.45) is 3.84. The molecule has 1 aliphatic heterocycles. The predicted molar refractivity (Wildman–Crippen MR) is 120 cm³/mol. The Hall–Kier alpha value is -2.67. The topological polar surface area (TPSA) is 61.8 Å². The maximum absolute atomic E-state index is 13.9. The minimum Gasteiger partial charge on any atom is -0.381 e. The van der Waals surface area contributed by atoms with E-state index in [0.717, 1.165) is 65.3 Å². The van der Waals surface area contributed by atoms with E-state index in [4.69, 9.17) is 0 Å². The zero-order valence-corrected chi connectivity index (χ0v) is 18.3. The molecule has 4 rings (SSSR count). The Balaban J connectivity index is 1.48. The second kappa shape index (κ2) is 7.87. The van der Waals surface area contributed by atoms with Crippen molar-refractivity contribution in [3.8, 4) is 11.3 Å². The van der Waals surface area contributed by atoms with Crippen LogP contribution in [-0.2, 0) is 7.05 Å². The summed E-state index contributed by atoms with van der Waals surface area (Å²) >= 11 is 0. The Kier molecular flexibility index (Phi) is 5.40. The van der Waals surface area contributed by atoms with Crippen molar-refractivity contribution in [3.05, 3.63) is 42.5 Å². The minimum absolute atomic E-state index is 0.325. The van der Waals surface area contributed by atoms with Gasteiger partial charge >= 0.3 is 0 Å². The van der Waals surface area contributed by atoms with Crippen LogP contribution in [0.2, 0.25) is 0 Å². The van der Waals surface area contributed by atoms with Crippen LogP contribution in [0.4, 0.5) is 4.39 Å². The van der Waals surface area contributed by atoms with Gasteiger partial charge in [0.2, 0.25) is 0 Å². The van der Waals surface area contributed by atoms with Gasteiger partial charge in [-0.2, -0.15) is 5.10 Å². The second-order valence-electron chi connectivity index (χ2n) is 8.97. The molecule has 0 bridgehead atoms. The third-order valence-electron chi connectivity index (χ3n) is 5.93. The molecule has 0 atom stereocenters. The molecule has 3 heterocycles. The number of piperidine rings is 1. The van der Waals surface area contributed by atoms with Crippen molar-refractivity contribution in [1.29, 1.82) is 0 Å². The summed E-state index contributed by atoms with van der Waals surface area (Å²) in [5, 5.41) is 12.2. The molecule has 0 spiro atoms. The van der Waals surface area contributed by atoms with E-state index in [-0.39, 0.29) is 0 Å². The van der Waals surface area contributed by atoms with Gasteiger partial charge in [-0.3, -0.25) is 5.10 Å². The fourth-order valence-corrected chi connectivity index (χ4v) is 4.26. The fraction of sp³-hybridized carbons (Fsp3) is 0.478. The number of fused-ring (bicyclic) bond motifs is 1. The van der Waals surface area contributed by atoms with Crippen LogP contribution in [0.1, 0.15) is 38.2 Å². The summed E-state index contributed by atoms with van der Waals surface area (Å²) < 4.78 is 16.0. The Morgan fingerprint density at radius 1 is 1.33 bits per heavy atom. The minimum atomic E-state index is -1.15. The number of aromatic nitrogens is 4. The molecule has 2 N–H and O–H groups in total. The Morgan fingerprint density at radius 3 is 2.70 bits per heavy atom. The van der Waals surface area contributed by atoms with E-state index in [0.29, 0.717) is 12.6 Å². The highest BCUT2D eigenvalue weighted by Gasteiger charge is 2.25. The maximum Gasteiger partial charge on any atom is 0.118 e. The van der Waals surface area contributed by atoms with Crippen LogP contribution in [0.3, 0.4) is 0 Å². The van der Waals surface area contributed by atoms with Gasteiger partial charge in [0.1, 0.15) is 17.2 Å². The number of benzene rings is 1. The summed E-state index contributed by atoms with van der Waals surface area (Å²) in [7, 11) is 2.02. The molecular formula is C23H31FN6. The third-order valence-corrected chi connectivity index (χ3v) is 5.93. The van der Waals surface area contributed by atoms with Crippen molar-refractivity contribution in [2.24, 2.45) is 7.05 Å². The van der Waals surface area contributed by atoms with Gasteiger partial charge < -0.3 is 14.8 Å². The number of nitrogens with one attached hydrogen (secondary N) is 2.